The number of hydrogen-bond donors (Lipinski definition) is 2. The number of guanidine groups is 1. The second-order valence-corrected chi connectivity index (χ2v) is 7.95. The molecule has 0 radical (unpaired) electrons. The summed E-state index contributed by atoms with van der Waals surface area (Å²) in [7, 11) is 3.57. The molecule has 0 bridgehead atoms. The maximum absolute atomic E-state index is 5.30. The molecule has 0 amide bonds. The van der Waals surface area contributed by atoms with Gasteiger partial charge in [-0.3, -0.25) is 4.99 Å². The van der Waals surface area contributed by atoms with Crippen molar-refractivity contribution in [2.45, 2.75) is 45.4 Å². The molecule has 7 heteroatoms. The third-order valence-electron chi connectivity index (χ3n) is 6.04. The van der Waals surface area contributed by atoms with Crippen LogP contribution in [0.25, 0.3) is 0 Å². The predicted octanol–water partition coefficient (Wildman–Crippen LogP) is 2.72. The van der Waals surface area contributed by atoms with E-state index in [0.29, 0.717) is 5.41 Å². The summed E-state index contributed by atoms with van der Waals surface area (Å²) >= 11 is 0. The maximum atomic E-state index is 5.30. The van der Waals surface area contributed by atoms with Crippen molar-refractivity contribution in [3.05, 3.63) is 0 Å². The molecular formula is C20H41IN4O2. The first-order chi connectivity index (χ1) is 12.7. The van der Waals surface area contributed by atoms with E-state index in [1.165, 1.54) is 45.2 Å². The SMILES string of the molecule is CCNC(=NCC1(CCOC)CCC1)NCC1CCN(CCOC)CC1.I. The number of nitrogens with zero attached hydrogens (tertiary/aromatic N) is 2. The summed E-state index contributed by atoms with van der Waals surface area (Å²) in [6.45, 7) is 10.1. The highest BCUT2D eigenvalue weighted by molar-refractivity contribution is 14.0. The Morgan fingerprint density at radius 2 is 1.81 bits per heavy atom. The lowest BCUT2D eigenvalue weighted by molar-refractivity contribution is 0.0778. The first-order valence-electron chi connectivity index (χ1n) is 10.4. The van der Waals surface area contributed by atoms with Gasteiger partial charge in [0.1, 0.15) is 0 Å². The lowest BCUT2D eigenvalue weighted by Gasteiger charge is -2.41. The van der Waals surface area contributed by atoms with E-state index in [9.17, 15) is 0 Å². The van der Waals surface area contributed by atoms with Crippen molar-refractivity contribution in [3.8, 4) is 0 Å². The molecule has 0 atom stereocenters. The highest BCUT2D eigenvalue weighted by Crippen LogP contribution is 2.44. The van der Waals surface area contributed by atoms with Gasteiger partial charge in [-0.1, -0.05) is 6.42 Å². The first kappa shape index (κ1) is 24.9. The minimum absolute atomic E-state index is 0. The van der Waals surface area contributed by atoms with E-state index in [1.807, 2.05) is 0 Å². The molecule has 0 aromatic rings. The van der Waals surface area contributed by atoms with Crippen molar-refractivity contribution >= 4 is 29.9 Å². The standard InChI is InChI=1S/C20H40N4O2.HI/c1-4-21-19(23-17-20(8-5-9-20)10-14-25-2)22-16-18-6-11-24(12-7-18)13-15-26-3;/h18H,4-17H2,1-3H3,(H2,21,22,23);1H. The minimum atomic E-state index is 0. The van der Waals surface area contributed by atoms with Gasteiger partial charge in [-0.15, -0.1) is 24.0 Å². The summed E-state index contributed by atoms with van der Waals surface area (Å²) < 4.78 is 10.5. The fraction of sp³-hybridized carbons (Fsp3) is 0.950. The van der Waals surface area contributed by atoms with Crippen LogP contribution in [0.15, 0.2) is 4.99 Å². The molecule has 0 aromatic heterocycles. The molecular weight excluding hydrogens is 455 g/mol. The van der Waals surface area contributed by atoms with Gasteiger partial charge < -0.3 is 25.0 Å². The van der Waals surface area contributed by atoms with Gasteiger partial charge in [0.05, 0.1) is 6.61 Å². The second kappa shape index (κ2) is 14.0. The third-order valence-corrected chi connectivity index (χ3v) is 6.04. The highest BCUT2D eigenvalue weighted by Gasteiger charge is 2.36. The van der Waals surface area contributed by atoms with Crippen LogP contribution in [-0.2, 0) is 9.47 Å². The zero-order valence-electron chi connectivity index (χ0n) is 17.6. The Hall–Kier alpha value is -0.120. The van der Waals surface area contributed by atoms with Gasteiger partial charge in [-0.05, 0) is 63.5 Å². The van der Waals surface area contributed by atoms with E-state index >= 15 is 0 Å². The molecule has 1 saturated heterocycles. The number of aliphatic imine (C=N–C) groups is 1. The third kappa shape index (κ3) is 8.83. The predicted molar refractivity (Wildman–Crippen MR) is 123 cm³/mol. The van der Waals surface area contributed by atoms with E-state index in [1.54, 1.807) is 14.2 Å². The lowest BCUT2D eigenvalue weighted by atomic mass is 9.67. The van der Waals surface area contributed by atoms with E-state index in [-0.39, 0.29) is 24.0 Å². The maximum Gasteiger partial charge on any atom is 0.191 e. The highest BCUT2D eigenvalue weighted by atomic mass is 127. The number of halogens is 1. The van der Waals surface area contributed by atoms with Gasteiger partial charge in [0.25, 0.3) is 0 Å². The Morgan fingerprint density at radius 3 is 2.37 bits per heavy atom. The average molecular weight is 496 g/mol. The summed E-state index contributed by atoms with van der Waals surface area (Å²) in [5, 5.41) is 7.01. The van der Waals surface area contributed by atoms with Crippen molar-refractivity contribution in [2.24, 2.45) is 16.3 Å². The molecule has 0 aromatic carbocycles. The van der Waals surface area contributed by atoms with Gasteiger partial charge >= 0.3 is 0 Å². The average Bonchev–Trinajstić information content (AvgIpc) is 2.64. The van der Waals surface area contributed by atoms with E-state index in [2.05, 4.69) is 22.5 Å². The smallest absolute Gasteiger partial charge is 0.191 e. The fourth-order valence-corrected chi connectivity index (χ4v) is 3.95. The summed E-state index contributed by atoms with van der Waals surface area (Å²) in [6, 6.07) is 0. The van der Waals surface area contributed by atoms with Crippen LogP contribution in [0.3, 0.4) is 0 Å². The number of hydrogen-bond acceptors (Lipinski definition) is 4. The van der Waals surface area contributed by atoms with Crippen LogP contribution in [-0.4, -0.2) is 77.6 Å². The quantitative estimate of drug-likeness (QED) is 0.262. The number of nitrogens with one attached hydrogen (secondary N) is 2. The van der Waals surface area contributed by atoms with Crippen molar-refractivity contribution in [2.75, 3.05) is 66.7 Å². The Bertz CT molecular complexity index is 411. The number of rotatable bonds is 11. The van der Waals surface area contributed by atoms with Crippen LogP contribution in [0, 0.1) is 11.3 Å². The summed E-state index contributed by atoms with van der Waals surface area (Å²) in [5.41, 5.74) is 0.380. The fourth-order valence-electron chi connectivity index (χ4n) is 3.95. The van der Waals surface area contributed by atoms with Gasteiger partial charge in [0, 0.05) is 47.0 Å². The zero-order chi connectivity index (χ0) is 18.7. The number of ether oxygens (including phenoxy) is 2. The van der Waals surface area contributed by atoms with Crippen LogP contribution in [0.4, 0.5) is 0 Å². The molecule has 2 N–H and O–H groups in total. The normalized spacial score (nSPS) is 20.6. The molecule has 6 nitrogen and oxygen atoms in total. The molecule has 2 rings (SSSR count). The van der Waals surface area contributed by atoms with E-state index in [0.717, 1.165) is 57.7 Å². The van der Waals surface area contributed by atoms with Gasteiger partial charge in [0.15, 0.2) is 5.96 Å². The first-order valence-corrected chi connectivity index (χ1v) is 10.4. The summed E-state index contributed by atoms with van der Waals surface area (Å²) in [4.78, 5) is 7.42. The number of piperidine rings is 1. The molecule has 1 saturated carbocycles. The van der Waals surface area contributed by atoms with Crippen LogP contribution >= 0.6 is 24.0 Å². The van der Waals surface area contributed by atoms with Gasteiger partial charge in [0.2, 0.25) is 0 Å². The van der Waals surface area contributed by atoms with Crippen molar-refractivity contribution in [1.82, 2.24) is 15.5 Å². The van der Waals surface area contributed by atoms with Gasteiger partial charge in [-0.2, -0.15) is 0 Å². The van der Waals surface area contributed by atoms with Crippen LogP contribution < -0.4 is 10.6 Å². The summed E-state index contributed by atoms with van der Waals surface area (Å²) in [6.07, 6.45) is 7.57. The molecule has 2 fully saturated rings. The zero-order valence-corrected chi connectivity index (χ0v) is 19.9. The monoisotopic (exact) mass is 496 g/mol. The largest absolute Gasteiger partial charge is 0.385 e. The van der Waals surface area contributed by atoms with Crippen molar-refractivity contribution < 1.29 is 9.47 Å². The van der Waals surface area contributed by atoms with Gasteiger partial charge in [-0.25, -0.2) is 0 Å². The molecule has 1 aliphatic heterocycles. The Balaban J connectivity index is 0.00000364. The molecule has 160 valence electrons. The van der Waals surface area contributed by atoms with Crippen LogP contribution in [0.5, 0.6) is 0 Å². The van der Waals surface area contributed by atoms with Crippen LogP contribution in [0.2, 0.25) is 0 Å². The number of likely N-dealkylation sites (tertiary alicyclic amines) is 1. The lowest BCUT2D eigenvalue weighted by Crippen LogP contribution is -2.44. The Kier molecular flexibility index (Phi) is 12.9. The van der Waals surface area contributed by atoms with Crippen molar-refractivity contribution in [3.63, 3.8) is 0 Å². The molecule has 0 spiro atoms. The molecule has 0 unspecified atom stereocenters. The van der Waals surface area contributed by atoms with Crippen molar-refractivity contribution in [1.29, 1.82) is 0 Å². The molecule has 1 heterocycles. The summed E-state index contributed by atoms with van der Waals surface area (Å²) in [5.74, 6) is 1.72. The van der Waals surface area contributed by atoms with E-state index in [4.69, 9.17) is 14.5 Å². The van der Waals surface area contributed by atoms with E-state index < -0.39 is 0 Å². The Labute approximate surface area is 183 Å². The minimum Gasteiger partial charge on any atom is -0.385 e. The number of methoxy groups -OCH3 is 2. The molecule has 1 aliphatic carbocycles. The molecule has 2 aliphatic rings. The van der Waals surface area contributed by atoms with Crippen LogP contribution in [0.1, 0.15) is 45.4 Å². The Morgan fingerprint density at radius 1 is 1.11 bits per heavy atom. The molecule has 27 heavy (non-hydrogen) atoms. The topological polar surface area (TPSA) is 58.1 Å². The second-order valence-electron chi connectivity index (χ2n) is 7.95.